The molecule has 6 nitrogen and oxygen atoms in total. The summed E-state index contributed by atoms with van der Waals surface area (Å²) in [7, 11) is 0. The number of rotatable bonds is 7. The maximum Gasteiger partial charge on any atom is 0.211 e. The number of nitrogens with zero attached hydrogens (tertiary/aromatic N) is 2. The van der Waals surface area contributed by atoms with Crippen molar-refractivity contribution < 1.29 is 9.47 Å². The van der Waals surface area contributed by atoms with Gasteiger partial charge in [0.25, 0.3) is 0 Å². The average molecular weight is 391 g/mol. The Kier molecular flexibility index (Phi) is 6.62. The minimum atomic E-state index is -0.0924. The summed E-state index contributed by atoms with van der Waals surface area (Å²) < 4.78 is 12.5. The van der Waals surface area contributed by atoms with E-state index in [1.807, 2.05) is 49.4 Å². The Bertz CT molecular complexity index is 743. The van der Waals surface area contributed by atoms with E-state index >= 15 is 0 Å². The molecule has 0 heterocycles. The van der Waals surface area contributed by atoms with Gasteiger partial charge in [-0.2, -0.15) is 5.10 Å². The van der Waals surface area contributed by atoms with Gasteiger partial charge in [0, 0.05) is 4.47 Å². The van der Waals surface area contributed by atoms with Gasteiger partial charge < -0.3 is 20.9 Å². The molecule has 0 saturated heterocycles. The molecule has 0 aliphatic rings. The first-order chi connectivity index (χ1) is 11.6. The third kappa shape index (κ3) is 5.58. The zero-order valence-electron chi connectivity index (χ0n) is 13.3. The van der Waals surface area contributed by atoms with Gasteiger partial charge in [-0.1, -0.05) is 28.1 Å². The second kappa shape index (κ2) is 8.93. The lowest BCUT2D eigenvalue weighted by atomic mass is 10.2. The van der Waals surface area contributed by atoms with Crippen LogP contribution in [0.2, 0.25) is 0 Å². The fourth-order valence-corrected chi connectivity index (χ4v) is 2.39. The van der Waals surface area contributed by atoms with E-state index in [4.69, 9.17) is 20.9 Å². The largest absolute Gasteiger partial charge is 0.490 e. The number of ether oxygens (including phenoxy) is 2. The van der Waals surface area contributed by atoms with Gasteiger partial charge in [-0.25, -0.2) is 0 Å². The van der Waals surface area contributed by atoms with E-state index in [1.165, 1.54) is 0 Å². The molecular weight excluding hydrogens is 372 g/mol. The van der Waals surface area contributed by atoms with Gasteiger partial charge >= 0.3 is 0 Å². The number of benzene rings is 2. The molecule has 0 radical (unpaired) electrons. The summed E-state index contributed by atoms with van der Waals surface area (Å²) in [6.45, 7) is 2.89. The summed E-state index contributed by atoms with van der Waals surface area (Å²) in [4.78, 5) is 0. The lowest BCUT2D eigenvalue weighted by Crippen LogP contribution is -2.21. The molecule has 7 heteroatoms. The van der Waals surface area contributed by atoms with Crippen molar-refractivity contribution in [2.75, 3.05) is 6.61 Å². The van der Waals surface area contributed by atoms with Crippen LogP contribution in [0.3, 0.4) is 0 Å². The molecule has 0 atom stereocenters. The van der Waals surface area contributed by atoms with Crippen LogP contribution in [0, 0.1) is 0 Å². The lowest BCUT2D eigenvalue weighted by Gasteiger charge is -2.12. The molecule has 0 aliphatic carbocycles. The van der Waals surface area contributed by atoms with Gasteiger partial charge in [0.15, 0.2) is 11.5 Å². The Balaban J connectivity index is 2.13. The molecule has 0 bridgehead atoms. The molecule has 0 fully saturated rings. The highest BCUT2D eigenvalue weighted by atomic mass is 79.9. The van der Waals surface area contributed by atoms with Gasteiger partial charge in [-0.3, -0.25) is 0 Å². The predicted octanol–water partition coefficient (Wildman–Crippen LogP) is 3.03. The Morgan fingerprint density at radius 3 is 2.67 bits per heavy atom. The highest BCUT2D eigenvalue weighted by Gasteiger charge is 2.06. The first-order valence-corrected chi connectivity index (χ1v) is 8.14. The topological polar surface area (TPSA) is 95.2 Å². The molecule has 2 aromatic carbocycles. The molecule has 4 N–H and O–H groups in total. The zero-order valence-corrected chi connectivity index (χ0v) is 14.9. The number of halogens is 1. The molecular formula is C17H19BrN4O2. The number of nitrogens with two attached hydrogens (primary N) is 2. The quantitative estimate of drug-likeness (QED) is 0.431. The van der Waals surface area contributed by atoms with Crippen molar-refractivity contribution in [1.29, 1.82) is 0 Å². The Labute approximate surface area is 149 Å². The third-order valence-electron chi connectivity index (χ3n) is 2.93. The normalized spacial score (nSPS) is 10.6. The van der Waals surface area contributed by atoms with Gasteiger partial charge in [-0.05, 0) is 48.4 Å². The van der Waals surface area contributed by atoms with Crippen LogP contribution in [0.15, 0.2) is 57.1 Å². The Morgan fingerprint density at radius 2 is 1.96 bits per heavy atom. The van der Waals surface area contributed by atoms with E-state index in [9.17, 15) is 0 Å². The number of hydrogen-bond donors (Lipinski definition) is 2. The number of hydrogen-bond acceptors (Lipinski definition) is 4. The second-order valence-electron chi connectivity index (χ2n) is 4.83. The molecule has 0 saturated carbocycles. The number of guanidine groups is 1. The van der Waals surface area contributed by atoms with Crippen molar-refractivity contribution in [2.24, 2.45) is 21.7 Å². The lowest BCUT2D eigenvalue weighted by molar-refractivity contribution is 0.269. The van der Waals surface area contributed by atoms with E-state index in [0.29, 0.717) is 24.7 Å². The summed E-state index contributed by atoms with van der Waals surface area (Å²) in [5, 5.41) is 7.35. The van der Waals surface area contributed by atoms with Crippen LogP contribution >= 0.6 is 15.9 Å². The standard InChI is InChI=1S/C17H19BrN4O2/c1-2-23-16-9-12(10-21-22-17(19)20)6-7-15(16)24-11-13-4-3-5-14(18)8-13/h3-10H,2,11H2,1H3,(H4,19,20,22). The van der Waals surface area contributed by atoms with Crippen molar-refractivity contribution in [1.82, 2.24) is 0 Å². The molecule has 2 aromatic rings. The van der Waals surface area contributed by atoms with Crippen molar-refractivity contribution in [3.63, 3.8) is 0 Å². The third-order valence-corrected chi connectivity index (χ3v) is 3.42. The maximum atomic E-state index is 5.87. The molecule has 0 spiro atoms. The van der Waals surface area contributed by atoms with Crippen molar-refractivity contribution >= 4 is 28.1 Å². The van der Waals surface area contributed by atoms with Crippen LogP contribution in [-0.2, 0) is 6.61 Å². The summed E-state index contributed by atoms with van der Waals surface area (Å²) in [6, 6.07) is 13.5. The molecule has 24 heavy (non-hydrogen) atoms. The smallest absolute Gasteiger partial charge is 0.211 e. The Hall–Kier alpha value is -2.54. The van der Waals surface area contributed by atoms with Gasteiger partial charge in [0.2, 0.25) is 5.96 Å². The van der Waals surface area contributed by atoms with Crippen molar-refractivity contribution in [3.8, 4) is 11.5 Å². The monoisotopic (exact) mass is 390 g/mol. The molecule has 2 rings (SSSR count). The molecule has 0 aliphatic heterocycles. The minimum absolute atomic E-state index is 0.0924. The van der Waals surface area contributed by atoms with Crippen molar-refractivity contribution in [2.45, 2.75) is 13.5 Å². The summed E-state index contributed by atoms with van der Waals surface area (Å²) >= 11 is 3.45. The van der Waals surface area contributed by atoms with Crippen LogP contribution < -0.4 is 20.9 Å². The Morgan fingerprint density at radius 1 is 1.12 bits per heavy atom. The van der Waals surface area contributed by atoms with Crippen LogP contribution in [0.1, 0.15) is 18.1 Å². The van der Waals surface area contributed by atoms with E-state index in [-0.39, 0.29) is 5.96 Å². The summed E-state index contributed by atoms with van der Waals surface area (Å²) in [6.07, 6.45) is 1.54. The van der Waals surface area contributed by atoms with E-state index in [0.717, 1.165) is 15.6 Å². The van der Waals surface area contributed by atoms with Crippen LogP contribution in [0.5, 0.6) is 11.5 Å². The molecule has 0 aromatic heterocycles. The average Bonchev–Trinajstić information content (AvgIpc) is 2.54. The van der Waals surface area contributed by atoms with E-state index < -0.39 is 0 Å². The fourth-order valence-electron chi connectivity index (χ4n) is 1.94. The molecule has 0 amide bonds. The molecule has 126 valence electrons. The first-order valence-electron chi connectivity index (χ1n) is 7.34. The first kappa shape index (κ1) is 17.8. The zero-order chi connectivity index (χ0) is 17.4. The predicted molar refractivity (Wildman–Crippen MR) is 99.5 cm³/mol. The van der Waals surface area contributed by atoms with E-state index in [2.05, 4.69) is 26.1 Å². The van der Waals surface area contributed by atoms with Crippen molar-refractivity contribution in [3.05, 3.63) is 58.1 Å². The highest BCUT2D eigenvalue weighted by molar-refractivity contribution is 9.10. The van der Waals surface area contributed by atoms with Gasteiger partial charge in [0.1, 0.15) is 6.61 Å². The summed E-state index contributed by atoms with van der Waals surface area (Å²) in [5.74, 6) is 1.21. The summed E-state index contributed by atoms with van der Waals surface area (Å²) in [5.41, 5.74) is 12.3. The second-order valence-corrected chi connectivity index (χ2v) is 5.74. The SMILES string of the molecule is CCOc1cc(C=NN=C(N)N)ccc1OCc1cccc(Br)c1. The highest BCUT2D eigenvalue weighted by Crippen LogP contribution is 2.29. The van der Waals surface area contributed by atoms with Gasteiger partial charge in [0.05, 0.1) is 12.8 Å². The van der Waals surface area contributed by atoms with Crippen LogP contribution in [-0.4, -0.2) is 18.8 Å². The fraction of sp³-hybridized carbons (Fsp3) is 0.176. The minimum Gasteiger partial charge on any atom is -0.490 e. The van der Waals surface area contributed by atoms with Gasteiger partial charge in [-0.15, -0.1) is 5.10 Å². The molecule has 0 unspecified atom stereocenters. The van der Waals surface area contributed by atoms with Crippen LogP contribution in [0.25, 0.3) is 0 Å². The van der Waals surface area contributed by atoms with Crippen LogP contribution in [0.4, 0.5) is 0 Å². The van der Waals surface area contributed by atoms with E-state index in [1.54, 1.807) is 6.21 Å². The maximum absolute atomic E-state index is 5.87.